The van der Waals surface area contributed by atoms with Gasteiger partial charge in [0.1, 0.15) is 0 Å². The monoisotopic (exact) mass is 381 g/mol. The molecule has 0 aliphatic carbocycles. The van der Waals surface area contributed by atoms with Crippen molar-refractivity contribution in [1.82, 2.24) is 4.90 Å². The maximum absolute atomic E-state index is 13.4. The molecule has 1 aromatic carbocycles. The Labute approximate surface area is 160 Å². The van der Waals surface area contributed by atoms with Crippen LogP contribution in [0.15, 0.2) is 24.3 Å². The van der Waals surface area contributed by atoms with E-state index in [9.17, 15) is 19.8 Å². The minimum absolute atomic E-state index is 0.208. The first-order valence-corrected chi connectivity index (χ1v) is 9.40. The zero-order valence-electron chi connectivity index (χ0n) is 15.8. The standard InChI is InChI=1S/C20H28ClNO4/c1-5-16(19(2,3)26)22-15(13-6-8-14(21)9-7-13)10-11-20(4,18(22)25)12-17(23)24/h6-9,15-16,26H,5,10-12H2,1-4H3,(H,23,24). The van der Waals surface area contributed by atoms with Crippen LogP contribution in [-0.2, 0) is 9.59 Å². The predicted octanol–water partition coefficient (Wildman–Crippen LogP) is 4.03. The van der Waals surface area contributed by atoms with Gasteiger partial charge in [-0.3, -0.25) is 9.59 Å². The van der Waals surface area contributed by atoms with Gasteiger partial charge in [0.05, 0.1) is 29.5 Å². The highest BCUT2D eigenvalue weighted by Gasteiger charge is 2.49. The number of carbonyl (C=O) groups excluding carboxylic acids is 1. The smallest absolute Gasteiger partial charge is 0.304 e. The van der Waals surface area contributed by atoms with Gasteiger partial charge < -0.3 is 15.1 Å². The molecule has 0 spiro atoms. The summed E-state index contributed by atoms with van der Waals surface area (Å²) < 4.78 is 0. The fourth-order valence-electron chi connectivity index (χ4n) is 4.06. The summed E-state index contributed by atoms with van der Waals surface area (Å²) in [6.45, 7) is 7.02. The van der Waals surface area contributed by atoms with E-state index < -0.39 is 23.0 Å². The summed E-state index contributed by atoms with van der Waals surface area (Å²) in [6, 6.07) is 6.74. The largest absolute Gasteiger partial charge is 0.481 e. The number of aliphatic carboxylic acids is 1. The molecule has 1 amide bonds. The summed E-state index contributed by atoms with van der Waals surface area (Å²) in [5.74, 6) is -1.19. The predicted molar refractivity (Wildman–Crippen MR) is 101 cm³/mol. The van der Waals surface area contributed by atoms with Crippen molar-refractivity contribution in [2.45, 2.75) is 71.1 Å². The van der Waals surface area contributed by atoms with E-state index in [1.807, 2.05) is 19.1 Å². The number of hydrogen-bond donors (Lipinski definition) is 2. The van der Waals surface area contributed by atoms with Crippen LogP contribution >= 0.6 is 11.6 Å². The number of benzene rings is 1. The van der Waals surface area contributed by atoms with Gasteiger partial charge in [0.25, 0.3) is 0 Å². The van der Waals surface area contributed by atoms with Gasteiger partial charge in [-0.1, -0.05) is 37.6 Å². The molecule has 1 saturated heterocycles. The van der Waals surface area contributed by atoms with Gasteiger partial charge in [-0.15, -0.1) is 0 Å². The molecular formula is C20H28ClNO4. The molecule has 1 aliphatic rings. The molecule has 0 aromatic heterocycles. The number of halogens is 1. The maximum atomic E-state index is 13.4. The molecule has 1 aliphatic heterocycles. The van der Waals surface area contributed by atoms with E-state index in [4.69, 9.17) is 11.6 Å². The lowest BCUT2D eigenvalue weighted by Crippen LogP contribution is -2.59. The minimum Gasteiger partial charge on any atom is -0.481 e. The average molecular weight is 382 g/mol. The molecule has 3 atom stereocenters. The van der Waals surface area contributed by atoms with Crippen molar-refractivity contribution in [1.29, 1.82) is 0 Å². The highest BCUT2D eigenvalue weighted by Crippen LogP contribution is 2.45. The van der Waals surface area contributed by atoms with E-state index in [0.717, 1.165) is 5.56 Å². The second-order valence-corrected chi connectivity index (χ2v) is 8.46. The Morgan fingerprint density at radius 3 is 2.42 bits per heavy atom. The number of rotatable bonds is 6. The van der Waals surface area contributed by atoms with Gasteiger partial charge in [0.2, 0.25) is 5.91 Å². The van der Waals surface area contributed by atoms with Crippen LogP contribution in [0.3, 0.4) is 0 Å². The van der Waals surface area contributed by atoms with Crippen molar-refractivity contribution in [3.05, 3.63) is 34.9 Å². The van der Waals surface area contributed by atoms with Gasteiger partial charge in [0.15, 0.2) is 0 Å². The van der Waals surface area contributed by atoms with E-state index in [1.54, 1.807) is 37.8 Å². The molecule has 0 saturated carbocycles. The molecule has 0 bridgehead atoms. The van der Waals surface area contributed by atoms with Gasteiger partial charge in [-0.05, 0) is 50.8 Å². The zero-order chi connectivity index (χ0) is 19.7. The summed E-state index contributed by atoms with van der Waals surface area (Å²) in [6.07, 6.45) is 1.49. The Morgan fingerprint density at radius 2 is 1.96 bits per heavy atom. The summed E-state index contributed by atoms with van der Waals surface area (Å²) in [4.78, 5) is 26.4. The molecule has 1 heterocycles. The summed E-state index contributed by atoms with van der Waals surface area (Å²) in [7, 11) is 0. The molecule has 2 rings (SSSR count). The van der Waals surface area contributed by atoms with E-state index in [2.05, 4.69) is 0 Å². The quantitative estimate of drug-likeness (QED) is 0.779. The van der Waals surface area contributed by atoms with Crippen molar-refractivity contribution >= 4 is 23.5 Å². The topological polar surface area (TPSA) is 77.8 Å². The third kappa shape index (κ3) is 4.21. The lowest BCUT2D eigenvalue weighted by atomic mass is 9.73. The van der Waals surface area contributed by atoms with Crippen molar-refractivity contribution in [3.8, 4) is 0 Å². The molecule has 144 valence electrons. The van der Waals surface area contributed by atoms with Crippen LogP contribution in [0.4, 0.5) is 0 Å². The van der Waals surface area contributed by atoms with Crippen molar-refractivity contribution in [2.75, 3.05) is 0 Å². The van der Waals surface area contributed by atoms with Crippen LogP contribution in [0, 0.1) is 5.41 Å². The maximum Gasteiger partial charge on any atom is 0.304 e. The highest BCUT2D eigenvalue weighted by molar-refractivity contribution is 6.30. The lowest BCUT2D eigenvalue weighted by Gasteiger charge is -2.50. The van der Waals surface area contributed by atoms with Crippen molar-refractivity contribution in [2.24, 2.45) is 5.41 Å². The Kier molecular flexibility index (Phi) is 6.03. The molecule has 1 fully saturated rings. The first-order valence-electron chi connectivity index (χ1n) is 9.02. The highest BCUT2D eigenvalue weighted by atomic mass is 35.5. The molecule has 5 nitrogen and oxygen atoms in total. The minimum atomic E-state index is -1.10. The number of likely N-dealkylation sites (tertiary alicyclic amines) is 1. The summed E-state index contributed by atoms with van der Waals surface area (Å²) in [5.41, 5.74) is -1.12. The van der Waals surface area contributed by atoms with Crippen LogP contribution in [-0.4, -0.2) is 38.6 Å². The molecule has 2 N–H and O–H groups in total. The number of carboxylic acids is 1. The Morgan fingerprint density at radius 1 is 1.38 bits per heavy atom. The number of hydrogen-bond acceptors (Lipinski definition) is 3. The molecule has 0 radical (unpaired) electrons. The van der Waals surface area contributed by atoms with Crippen LogP contribution in [0.5, 0.6) is 0 Å². The molecule has 6 heteroatoms. The van der Waals surface area contributed by atoms with E-state index in [0.29, 0.717) is 24.3 Å². The number of carbonyl (C=O) groups is 2. The average Bonchev–Trinajstić information content (AvgIpc) is 2.51. The van der Waals surface area contributed by atoms with E-state index in [1.165, 1.54) is 0 Å². The van der Waals surface area contributed by atoms with Crippen LogP contribution in [0.2, 0.25) is 5.02 Å². The second-order valence-electron chi connectivity index (χ2n) is 8.03. The second kappa shape index (κ2) is 7.57. The number of amides is 1. The lowest BCUT2D eigenvalue weighted by molar-refractivity contribution is -0.165. The van der Waals surface area contributed by atoms with Crippen LogP contribution in [0.25, 0.3) is 0 Å². The zero-order valence-corrected chi connectivity index (χ0v) is 16.6. The summed E-state index contributed by atoms with van der Waals surface area (Å²) in [5, 5.41) is 20.6. The number of carboxylic acid groups (broad SMARTS) is 1. The first-order chi connectivity index (χ1) is 12.0. The molecule has 1 aromatic rings. The Balaban J connectivity index is 2.49. The van der Waals surface area contributed by atoms with Crippen molar-refractivity contribution in [3.63, 3.8) is 0 Å². The fourth-order valence-corrected chi connectivity index (χ4v) is 4.19. The number of nitrogens with zero attached hydrogens (tertiary/aromatic N) is 1. The molecular weight excluding hydrogens is 354 g/mol. The Bertz CT molecular complexity index is 667. The van der Waals surface area contributed by atoms with Crippen LogP contribution < -0.4 is 0 Å². The third-order valence-corrected chi connectivity index (χ3v) is 5.64. The normalized spacial score (nSPS) is 25.2. The SMILES string of the molecule is CCC(N1C(=O)C(C)(CC(=O)O)CCC1c1ccc(Cl)cc1)C(C)(C)O. The molecule has 3 unspecified atom stereocenters. The van der Waals surface area contributed by atoms with Crippen LogP contribution in [0.1, 0.15) is 65.0 Å². The fraction of sp³-hybridized carbons (Fsp3) is 0.600. The van der Waals surface area contributed by atoms with Gasteiger partial charge in [-0.2, -0.15) is 0 Å². The number of aliphatic hydroxyl groups is 1. The van der Waals surface area contributed by atoms with Gasteiger partial charge >= 0.3 is 5.97 Å². The Hall–Kier alpha value is -1.59. The van der Waals surface area contributed by atoms with E-state index >= 15 is 0 Å². The molecule has 26 heavy (non-hydrogen) atoms. The van der Waals surface area contributed by atoms with E-state index in [-0.39, 0.29) is 18.4 Å². The van der Waals surface area contributed by atoms with Gasteiger partial charge in [-0.25, -0.2) is 0 Å². The summed E-state index contributed by atoms with van der Waals surface area (Å²) >= 11 is 5.99. The number of piperidine rings is 1. The first kappa shape index (κ1) is 20.7. The van der Waals surface area contributed by atoms with Crippen molar-refractivity contribution < 1.29 is 19.8 Å². The van der Waals surface area contributed by atoms with Gasteiger partial charge in [0, 0.05) is 5.02 Å². The third-order valence-electron chi connectivity index (χ3n) is 5.39.